The molecule has 2 aromatic rings. The highest BCUT2D eigenvalue weighted by Gasteiger charge is 2.29. The van der Waals surface area contributed by atoms with Crippen molar-refractivity contribution in [3.05, 3.63) is 59.2 Å². The molecule has 8 heteroatoms. The number of carbonyl (C=O) groups excluding carboxylic acids is 1. The molecular formula is C18H18N2O5S. The van der Waals surface area contributed by atoms with Crippen LogP contribution in [-0.4, -0.2) is 31.7 Å². The number of benzene rings is 2. The van der Waals surface area contributed by atoms with Crippen molar-refractivity contribution in [2.75, 3.05) is 15.9 Å². The van der Waals surface area contributed by atoms with E-state index >= 15 is 0 Å². The van der Waals surface area contributed by atoms with Gasteiger partial charge < -0.3 is 10.0 Å². The molecule has 1 aliphatic heterocycles. The lowest BCUT2D eigenvalue weighted by atomic mass is 10.0. The number of carboxylic acid groups (broad SMARTS) is 1. The number of carboxylic acids is 1. The second-order valence-electron chi connectivity index (χ2n) is 6.29. The van der Waals surface area contributed by atoms with Crippen LogP contribution >= 0.6 is 0 Å². The average Bonchev–Trinajstić information content (AvgIpc) is 2.89. The molecular weight excluding hydrogens is 356 g/mol. The number of sulfonamides is 1. The highest BCUT2D eigenvalue weighted by atomic mass is 32.2. The zero-order valence-electron chi connectivity index (χ0n) is 14.3. The van der Waals surface area contributed by atoms with E-state index in [1.807, 2.05) is 0 Å². The molecule has 0 spiro atoms. The number of hydrogen-bond donors (Lipinski definition) is 2. The Morgan fingerprint density at radius 1 is 1.19 bits per heavy atom. The number of hydrogen-bond acceptors (Lipinski definition) is 4. The summed E-state index contributed by atoms with van der Waals surface area (Å²) >= 11 is 0. The SMILES string of the molecule is CC(C(=O)O)c1ccc(N2Cc3cc(NS(C)(=O)=O)ccc3C2=O)cc1. The number of nitrogens with one attached hydrogen (secondary N) is 1. The van der Waals surface area contributed by atoms with Crippen molar-refractivity contribution in [3.8, 4) is 0 Å². The lowest BCUT2D eigenvalue weighted by Gasteiger charge is -2.16. The van der Waals surface area contributed by atoms with Crippen molar-refractivity contribution in [2.45, 2.75) is 19.4 Å². The van der Waals surface area contributed by atoms with Crippen molar-refractivity contribution in [2.24, 2.45) is 0 Å². The number of nitrogens with zero attached hydrogens (tertiary/aromatic N) is 1. The van der Waals surface area contributed by atoms with E-state index in [2.05, 4.69) is 4.72 Å². The number of fused-ring (bicyclic) bond motifs is 1. The van der Waals surface area contributed by atoms with Crippen LogP contribution in [0.3, 0.4) is 0 Å². The van der Waals surface area contributed by atoms with Crippen LogP contribution in [-0.2, 0) is 21.4 Å². The third-order valence-corrected chi connectivity index (χ3v) is 4.89. The number of anilines is 2. The minimum absolute atomic E-state index is 0.176. The molecule has 1 aliphatic rings. The molecule has 0 bridgehead atoms. The summed E-state index contributed by atoms with van der Waals surface area (Å²) in [5.74, 6) is -1.71. The van der Waals surface area contributed by atoms with E-state index in [1.165, 1.54) is 0 Å². The Morgan fingerprint density at radius 3 is 2.42 bits per heavy atom. The highest BCUT2D eigenvalue weighted by molar-refractivity contribution is 7.92. The summed E-state index contributed by atoms with van der Waals surface area (Å²) in [5, 5.41) is 9.07. The minimum Gasteiger partial charge on any atom is -0.481 e. The number of carbonyl (C=O) groups is 2. The third kappa shape index (κ3) is 3.55. The lowest BCUT2D eigenvalue weighted by Crippen LogP contribution is -2.23. The molecule has 2 aromatic carbocycles. The Kier molecular flexibility index (Phi) is 4.45. The predicted octanol–water partition coefficient (Wildman–Crippen LogP) is 2.41. The lowest BCUT2D eigenvalue weighted by molar-refractivity contribution is -0.138. The fraction of sp³-hybridized carbons (Fsp3) is 0.222. The van der Waals surface area contributed by atoms with E-state index in [9.17, 15) is 18.0 Å². The molecule has 26 heavy (non-hydrogen) atoms. The Labute approximate surface area is 151 Å². The van der Waals surface area contributed by atoms with Crippen molar-refractivity contribution < 1.29 is 23.1 Å². The van der Waals surface area contributed by atoms with Gasteiger partial charge in [0.25, 0.3) is 5.91 Å². The Morgan fingerprint density at radius 2 is 1.85 bits per heavy atom. The van der Waals surface area contributed by atoms with Gasteiger partial charge in [-0.15, -0.1) is 0 Å². The van der Waals surface area contributed by atoms with Gasteiger partial charge in [0.1, 0.15) is 0 Å². The van der Waals surface area contributed by atoms with E-state index in [4.69, 9.17) is 5.11 Å². The minimum atomic E-state index is -3.39. The number of aliphatic carboxylic acids is 1. The zero-order chi connectivity index (χ0) is 19.1. The van der Waals surface area contributed by atoms with Gasteiger partial charge in [0.15, 0.2) is 0 Å². The smallest absolute Gasteiger partial charge is 0.310 e. The maximum absolute atomic E-state index is 12.6. The largest absolute Gasteiger partial charge is 0.481 e. The van der Waals surface area contributed by atoms with Crippen molar-refractivity contribution >= 4 is 33.3 Å². The van der Waals surface area contributed by atoms with Gasteiger partial charge in [-0.25, -0.2) is 8.42 Å². The van der Waals surface area contributed by atoms with Crippen molar-refractivity contribution in [1.29, 1.82) is 0 Å². The van der Waals surface area contributed by atoms with Gasteiger partial charge in [0, 0.05) is 16.9 Å². The first-order valence-corrected chi connectivity index (χ1v) is 9.80. The van der Waals surface area contributed by atoms with Crippen LogP contribution in [0.15, 0.2) is 42.5 Å². The average molecular weight is 374 g/mol. The van der Waals surface area contributed by atoms with E-state index in [-0.39, 0.29) is 5.91 Å². The third-order valence-electron chi connectivity index (χ3n) is 4.29. The Balaban J connectivity index is 1.84. The first kappa shape index (κ1) is 17.9. The van der Waals surface area contributed by atoms with Crippen LogP contribution in [0.1, 0.15) is 34.3 Å². The first-order valence-electron chi connectivity index (χ1n) is 7.91. The van der Waals surface area contributed by atoms with Crippen molar-refractivity contribution in [1.82, 2.24) is 0 Å². The summed E-state index contributed by atoms with van der Waals surface area (Å²) in [6.45, 7) is 1.92. The maximum atomic E-state index is 12.6. The molecule has 0 aromatic heterocycles. The maximum Gasteiger partial charge on any atom is 0.310 e. The van der Waals surface area contributed by atoms with Crippen LogP contribution in [0.5, 0.6) is 0 Å². The van der Waals surface area contributed by atoms with Gasteiger partial charge in [-0.05, 0) is 48.4 Å². The molecule has 1 amide bonds. The quantitative estimate of drug-likeness (QED) is 0.836. The topological polar surface area (TPSA) is 104 Å². The number of amides is 1. The fourth-order valence-corrected chi connectivity index (χ4v) is 3.45. The molecule has 3 rings (SSSR count). The monoisotopic (exact) mass is 374 g/mol. The van der Waals surface area contributed by atoms with E-state index in [0.29, 0.717) is 29.0 Å². The summed E-state index contributed by atoms with van der Waals surface area (Å²) < 4.78 is 25.1. The van der Waals surface area contributed by atoms with E-state index < -0.39 is 21.9 Å². The van der Waals surface area contributed by atoms with E-state index in [0.717, 1.165) is 11.8 Å². The van der Waals surface area contributed by atoms with Gasteiger partial charge in [0.2, 0.25) is 10.0 Å². The molecule has 7 nitrogen and oxygen atoms in total. The molecule has 0 radical (unpaired) electrons. The molecule has 136 valence electrons. The highest BCUT2D eigenvalue weighted by Crippen LogP contribution is 2.31. The molecule has 1 unspecified atom stereocenters. The van der Waals surface area contributed by atoms with Gasteiger partial charge in [0.05, 0.1) is 18.7 Å². The van der Waals surface area contributed by atoms with Gasteiger partial charge in [-0.2, -0.15) is 0 Å². The summed E-state index contributed by atoms with van der Waals surface area (Å²) in [4.78, 5) is 25.2. The normalized spacial score (nSPS) is 14.8. The summed E-state index contributed by atoms with van der Waals surface area (Å²) in [6, 6.07) is 11.6. The fourth-order valence-electron chi connectivity index (χ4n) is 2.89. The molecule has 0 fully saturated rings. The Hall–Kier alpha value is -2.87. The van der Waals surface area contributed by atoms with Gasteiger partial charge in [-0.1, -0.05) is 12.1 Å². The molecule has 0 saturated heterocycles. The van der Waals surface area contributed by atoms with Crippen LogP contribution < -0.4 is 9.62 Å². The van der Waals surface area contributed by atoms with Crippen LogP contribution in [0, 0.1) is 0 Å². The van der Waals surface area contributed by atoms with Crippen LogP contribution in [0.2, 0.25) is 0 Å². The zero-order valence-corrected chi connectivity index (χ0v) is 15.1. The first-order chi connectivity index (χ1) is 12.2. The summed E-state index contributed by atoms with van der Waals surface area (Å²) in [5.41, 5.74) is 2.97. The van der Waals surface area contributed by atoms with Crippen LogP contribution in [0.4, 0.5) is 11.4 Å². The molecule has 1 heterocycles. The second kappa shape index (κ2) is 6.45. The van der Waals surface area contributed by atoms with Gasteiger partial charge >= 0.3 is 5.97 Å². The Bertz CT molecular complexity index is 983. The summed E-state index contributed by atoms with van der Waals surface area (Å²) in [6.07, 6.45) is 1.07. The molecule has 0 saturated carbocycles. The molecule has 0 aliphatic carbocycles. The predicted molar refractivity (Wildman–Crippen MR) is 97.9 cm³/mol. The van der Waals surface area contributed by atoms with Gasteiger partial charge in [-0.3, -0.25) is 14.3 Å². The second-order valence-corrected chi connectivity index (χ2v) is 8.04. The number of rotatable bonds is 5. The molecule has 2 N–H and O–H groups in total. The standard InChI is InChI=1S/C18H18N2O5S/c1-11(18(22)23)12-3-6-15(7-4-12)20-10-13-9-14(19-26(2,24)25)5-8-16(13)17(20)21/h3-9,11,19H,10H2,1-2H3,(H,22,23). The van der Waals surface area contributed by atoms with Crippen molar-refractivity contribution in [3.63, 3.8) is 0 Å². The molecule has 1 atom stereocenters. The van der Waals surface area contributed by atoms with E-state index in [1.54, 1.807) is 54.3 Å². The summed E-state index contributed by atoms with van der Waals surface area (Å²) in [7, 11) is -3.39. The van der Waals surface area contributed by atoms with Crippen LogP contribution in [0.25, 0.3) is 0 Å².